The van der Waals surface area contributed by atoms with Crippen molar-refractivity contribution in [1.29, 1.82) is 0 Å². The summed E-state index contributed by atoms with van der Waals surface area (Å²) in [6.45, 7) is 0.629. The molecular weight excluding hydrogens is 218 g/mol. The Balaban J connectivity index is 2.19. The van der Waals surface area contributed by atoms with E-state index in [1.54, 1.807) is 4.90 Å². The lowest BCUT2D eigenvalue weighted by molar-refractivity contribution is -0.133. The zero-order valence-electron chi connectivity index (χ0n) is 9.20. The molecule has 1 rings (SSSR count). The maximum absolute atomic E-state index is 11.7. The van der Waals surface area contributed by atoms with Crippen LogP contribution in [0.2, 0.25) is 0 Å². The Hall–Kier alpha value is -0.750. The molecule has 1 amide bonds. The van der Waals surface area contributed by atoms with Crippen molar-refractivity contribution >= 4 is 5.91 Å². The topological polar surface area (TPSA) is 55.6 Å². The van der Waals surface area contributed by atoms with Crippen LogP contribution in [0.5, 0.6) is 0 Å². The number of alkyl halides is 2. The first kappa shape index (κ1) is 13.3. The number of nitrogens with zero attached hydrogens (tertiary/aromatic N) is 1. The van der Waals surface area contributed by atoms with Crippen LogP contribution in [0.15, 0.2) is 0 Å². The van der Waals surface area contributed by atoms with Crippen molar-refractivity contribution < 1.29 is 18.3 Å². The van der Waals surface area contributed by atoms with Crippen molar-refractivity contribution in [2.75, 3.05) is 26.3 Å². The Morgan fingerprint density at radius 3 is 2.94 bits per heavy atom. The molecule has 4 nitrogen and oxygen atoms in total. The number of hydrogen-bond acceptors (Lipinski definition) is 3. The Kier molecular flexibility index (Phi) is 5.62. The molecule has 0 radical (unpaired) electrons. The molecule has 0 aliphatic carbocycles. The number of rotatable bonds is 6. The van der Waals surface area contributed by atoms with Crippen molar-refractivity contribution in [2.45, 2.75) is 31.7 Å². The van der Waals surface area contributed by atoms with Crippen LogP contribution in [-0.2, 0) is 9.53 Å². The van der Waals surface area contributed by atoms with Crippen molar-refractivity contribution in [3.05, 3.63) is 0 Å². The molecule has 1 aliphatic heterocycles. The van der Waals surface area contributed by atoms with E-state index in [-0.39, 0.29) is 25.0 Å². The van der Waals surface area contributed by atoms with Gasteiger partial charge >= 0.3 is 0 Å². The highest BCUT2D eigenvalue weighted by atomic mass is 19.3. The quantitative estimate of drug-likeness (QED) is 0.687. The molecular formula is C10H18F2N2O2. The molecule has 0 saturated carbocycles. The number of hydrogen-bond donors (Lipinski definition) is 1. The molecule has 2 N–H and O–H groups in total. The molecule has 1 atom stereocenters. The Bertz CT molecular complexity index is 227. The zero-order chi connectivity index (χ0) is 12.0. The summed E-state index contributed by atoms with van der Waals surface area (Å²) in [5, 5.41) is 0. The molecule has 0 aromatic rings. The summed E-state index contributed by atoms with van der Waals surface area (Å²) in [6, 6.07) is 0.114. The van der Waals surface area contributed by atoms with E-state index in [0.717, 1.165) is 19.4 Å². The number of halogens is 2. The van der Waals surface area contributed by atoms with Gasteiger partial charge in [0.25, 0.3) is 6.43 Å². The van der Waals surface area contributed by atoms with Crippen LogP contribution in [-0.4, -0.2) is 49.6 Å². The predicted octanol–water partition coefficient (Wildman–Crippen LogP) is 0.608. The van der Waals surface area contributed by atoms with Gasteiger partial charge in [-0.3, -0.25) is 4.79 Å². The van der Waals surface area contributed by atoms with Crippen LogP contribution in [0.3, 0.4) is 0 Å². The maximum Gasteiger partial charge on any atom is 0.261 e. The van der Waals surface area contributed by atoms with Crippen LogP contribution < -0.4 is 5.73 Å². The first-order valence-electron chi connectivity index (χ1n) is 5.50. The highest BCUT2D eigenvalue weighted by molar-refractivity contribution is 5.76. The van der Waals surface area contributed by atoms with Crippen LogP contribution >= 0.6 is 0 Å². The lowest BCUT2D eigenvalue weighted by atomic mass is 10.2. The molecule has 0 bridgehead atoms. The average Bonchev–Trinajstić information content (AvgIpc) is 2.71. The fourth-order valence-corrected chi connectivity index (χ4v) is 1.88. The largest absolute Gasteiger partial charge is 0.375 e. The van der Waals surface area contributed by atoms with Gasteiger partial charge in [0.1, 0.15) is 6.61 Å². The lowest BCUT2D eigenvalue weighted by Gasteiger charge is -2.23. The minimum Gasteiger partial charge on any atom is -0.375 e. The number of carbonyl (C=O) groups is 1. The molecule has 1 fully saturated rings. The second-order valence-electron chi connectivity index (χ2n) is 3.83. The van der Waals surface area contributed by atoms with E-state index in [2.05, 4.69) is 4.74 Å². The lowest BCUT2D eigenvalue weighted by Crippen LogP contribution is -2.40. The molecule has 0 aromatic heterocycles. The molecule has 0 aromatic carbocycles. The summed E-state index contributed by atoms with van der Waals surface area (Å²) in [4.78, 5) is 13.4. The zero-order valence-corrected chi connectivity index (χ0v) is 9.20. The molecule has 1 aliphatic rings. The number of likely N-dealkylation sites (tertiary alicyclic amines) is 1. The summed E-state index contributed by atoms with van der Waals surface area (Å²) in [6.07, 6.45) is -0.423. The second-order valence-corrected chi connectivity index (χ2v) is 3.83. The molecule has 1 unspecified atom stereocenters. The van der Waals surface area contributed by atoms with Gasteiger partial charge in [-0.1, -0.05) is 0 Å². The monoisotopic (exact) mass is 236 g/mol. The normalized spacial score (nSPS) is 20.8. The highest BCUT2D eigenvalue weighted by Gasteiger charge is 2.26. The van der Waals surface area contributed by atoms with E-state index in [1.807, 2.05) is 0 Å². The molecule has 0 spiro atoms. The molecule has 16 heavy (non-hydrogen) atoms. The van der Waals surface area contributed by atoms with Gasteiger partial charge in [-0.2, -0.15) is 0 Å². The van der Waals surface area contributed by atoms with E-state index in [1.165, 1.54) is 0 Å². The van der Waals surface area contributed by atoms with E-state index < -0.39 is 13.0 Å². The predicted molar refractivity (Wildman–Crippen MR) is 55.2 cm³/mol. The average molecular weight is 236 g/mol. The van der Waals surface area contributed by atoms with E-state index in [0.29, 0.717) is 6.54 Å². The summed E-state index contributed by atoms with van der Waals surface area (Å²) in [5.74, 6) is -0.0535. The van der Waals surface area contributed by atoms with E-state index in [9.17, 15) is 13.6 Å². The Morgan fingerprint density at radius 2 is 2.31 bits per heavy atom. The highest BCUT2D eigenvalue weighted by Crippen LogP contribution is 2.16. The molecule has 1 saturated heterocycles. The third-order valence-electron chi connectivity index (χ3n) is 2.67. The van der Waals surface area contributed by atoms with Gasteiger partial charge in [-0.25, -0.2) is 8.78 Å². The van der Waals surface area contributed by atoms with Crippen LogP contribution in [0, 0.1) is 0 Å². The molecule has 94 valence electrons. The minimum absolute atomic E-state index is 0.0525. The van der Waals surface area contributed by atoms with Crippen molar-refractivity contribution in [3.63, 3.8) is 0 Å². The number of nitrogens with two attached hydrogens (primary N) is 1. The Morgan fingerprint density at radius 1 is 1.56 bits per heavy atom. The number of amides is 1. The first-order valence-corrected chi connectivity index (χ1v) is 5.50. The van der Waals surface area contributed by atoms with Gasteiger partial charge in [0, 0.05) is 19.1 Å². The van der Waals surface area contributed by atoms with Crippen LogP contribution in [0.4, 0.5) is 8.78 Å². The standard InChI is InChI=1S/C10H18F2N2O2/c11-9(12)7-16-5-3-10(15)14-4-1-2-8(14)6-13/h8-9H,1-7,13H2. The summed E-state index contributed by atoms with van der Waals surface area (Å²) in [7, 11) is 0. The maximum atomic E-state index is 11.7. The van der Waals surface area contributed by atoms with Crippen LogP contribution in [0.1, 0.15) is 19.3 Å². The van der Waals surface area contributed by atoms with Crippen molar-refractivity contribution in [1.82, 2.24) is 4.90 Å². The van der Waals surface area contributed by atoms with E-state index >= 15 is 0 Å². The smallest absolute Gasteiger partial charge is 0.261 e. The van der Waals surface area contributed by atoms with Gasteiger partial charge in [0.2, 0.25) is 5.91 Å². The summed E-state index contributed by atoms with van der Waals surface area (Å²) < 4.78 is 28.1. The summed E-state index contributed by atoms with van der Waals surface area (Å²) in [5.41, 5.74) is 5.53. The molecule has 6 heteroatoms. The number of ether oxygens (including phenoxy) is 1. The van der Waals surface area contributed by atoms with Crippen LogP contribution in [0.25, 0.3) is 0 Å². The van der Waals surface area contributed by atoms with Crippen molar-refractivity contribution in [3.8, 4) is 0 Å². The minimum atomic E-state index is -2.47. The van der Waals surface area contributed by atoms with Gasteiger partial charge in [-0.15, -0.1) is 0 Å². The number of carbonyl (C=O) groups excluding carboxylic acids is 1. The summed E-state index contributed by atoms with van der Waals surface area (Å²) >= 11 is 0. The third-order valence-corrected chi connectivity index (χ3v) is 2.67. The fourth-order valence-electron chi connectivity index (χ4n) is 1.88. The fraction of sp³-hybridized carbons (Fsp3) is 0.900. The van der Waals surface area contributed by atoms with Gasteiger partial charge in [0.05, 0.1) is 13.0 Å². The SMILES string of the molecule is NCC1CCCN1C(=O)CCOCC(F)F. The van der Waals surface area contributed by atoms with Gasteiger partial charge in [0.15, 0.2) is 0 Å². The first-order chi connectivity index (χ1) is 7.65. The van der Waals surface area contributed by atoms with Crippen molar-refractivity contribution in [2.24, 2.45) is 5.73 Å². The third kappa shape index (κ3) is 4.02. The van der Waals surface area contributed by atoms with E-state index in [4.69, 9.17) is 5.73 Å². The second kappa shape index (κ2) is 6.75. The van der Waals surface area contributed by atoms with Gasteiger partial charge in [-0.05, 0) is 12.8 Å². The van der Waals surface area contributed by atoms with Gasteiger partial charge < -0.3 is 15.4 Å². The molecule has 1 heterocycles. The Labute approximate surface area is 93.7 Å².